The van der Waals surface area contributed by atoms with Gasteiger partial charge in [-0.05, 0) is 0 Å². The molecule has 1 rings (SSSR count). The summed E-state index contributed by atoms with van der Waals surface area (Å²) < 4.78 is 25.9. The molecule has 0 aromatic carbocycles. The molecule has 7 nitrogen and oxygen atoms in total. The molecule has 9 heteroatoms. The lowest BCUT2D eigenvalue weighted by molar-refractivity contribution is 0.490. The number of anilines is 2. The van der Waals surface area contributed by atoms with Crippen LogP contribution < -0.4 is 11.5 Å². The molecule has 0 aliphatic carbocycles. The van der Waals surface area contributed by atoms with Crippen molar-refractivity contribution < 1.29 is 13.0 Å². The van der Waals surface area contributed by atoms with Crippen LogP contribution in [0.15, 0.2) is 6.07 Å². The van der Waals surface area contributed by atoms with Crippen LogP contribution in [0.25, 0.3) is 0 Å². The number of aromatic nitrogens is 2. The fraction of sp³-hybridized carbons (Fsp3) is 0.200. The second-order valence-electron chi connectivity index (χ2n) is 2.21. The van der Waals surface area contributed by atoms with Crippen LogP contribution in [0, 0.1) is 0 Å². The maximum Gasteiger partial charge on any atom is 0.261 e. The van der Waals surface area contributed by atoms with Crippen molar-refractivity contribution in [3.8, 4) is 0 Å². The monoisotopic (exact) mass is 240 g/mol. The molecule has 0 saturated heterocycles. The molecule has 14 heavy (non-hydrogen) atoms. The number of nitrogens with two attached hydrogens (primary N) is 2. The molecule has 0 bridgehead atoms. The van der Waals surface area contributed by atoms with Crippen molar-refractivity contribution in [3.63, 3.8) is 0 Å². The zero-order chi connectivity index (χ0) is 11.4. The van der Waals surface area contributed by atoms with Gasteiger partial charge in [-0.3, -0.25) is 4.55 Å². The highest BCUT2D eigenvalue weighted by Crippen LogP contribution is 2.08. The minimum absolute atomic E-state index is 0.0972. The molecule has 0 spiro atoms. The summed E-state index contributed by atoms with van der Waals surface area (Å²) in [6.07, 6.45) is 0.715. The molecule has 80 valence electrons. The zero-order valence-corrected chi connectivity index (χ0v) is 8.75. The van der Waals surface area contributed by atoms with E-state index in [2.05, 4.69) is 9.97 Å². The predicted octanol–water partition coefficient (Wildman–Crippen LogP) is -0.202. The maximum atomic E-state index is 9.19. The third kappa shape index (κ3) is 8.97. The normalized spacial score (nSPS) is 10.2. The van der Waals surface area contributed by atoms with Gasteiger partial charge in [0.25, 0.3) is 10.1 Å². The van der Waals surface area contributed by atoms with Gasteiger partial charge in [0.2, 0.25) is 5.95 Å². The fourth-order valence-electron chi connectivity index (χ4n) is 0.453. The fourth-order valence-corrected chi connectivity index (χ4v) is 0.652. The summed E-state index contributed by atoms with van der Waals surface area (Å²) in [5, 5.41) is 0.264. The Hall–Kier alpha value is -1.12. The Labute approximate surface area is 85.9 Å². The van der Waals surface area contributed by atoms with Gasteiger partial charge in [0.05, 0.1) is 6.26 Å². The average Bonchev–Trinajstić information content (AvgIpc) is 1.77. The molecular formula is C5H9ClN4O3S. The summed E-state index contributed by atoms with van der Waals surface area (Å²) in [6, 6.07) is 1.43. The molecule has 0 unspecified atom stereocenters. The molecule has 0 fully saturated rings. The van der Waals surface area contributed by atoms with Crippen molar-refractivity contribution in [2.24, 2.45) is 0 Å². The van der Waals surface area contributed by atoms with E-state index in [9.17, 15) is 8.42 Å². The number of rotatable bonds is 0. The van der Waals surface area contributed by atoms with E-state index in [1.807, 2.05) is 0 Å². The van der Waals surface area contributed by atoms with Gasteiger partial charge in [0, 0.05) is 6.07 Å². The third-order valence-corrected chi connectivity index (χ3v) is 0.926. The lowest BCUT2D eigenvalue weighted by atomic mass is 10.6. The van der Waals surface area contributed by atoms with E-state index >= 15 is 0 Å². The van der Waals surface area contributed by atoms with E-state index in [1.54, 1.807) is 0 Å². The van der Waals surface area contributed by atoms with Crippen LogP contribution in [0.5, 0.6) is 0 Å². The highest BCUT2D eigenvalue weighted by molar-refractivity contribution is 7.85. The number of nitrogen functional groups attached to an aromatic ring is 2. The van der Waals surface area contributed by atoms with Crippen LogP contribution in [-0.2, 0) is 10.1 Å². The Morgan fingerprint density at radius 1 is 1.43 bits per heavy atom. The van der Waals surface area contributed by atoms with E-state index in [1.165, 1.54) is 6.07 Å². The first-order valence-corrected chi connectivity index (χ1v) is 5.39. The van der Waals surface area contributed by atoms with Gasteiger partial charge < -0.3 is 11.5 Å². The largest absolute Gasteiger partial charge is 0.383 e. The lowest BCUT2D eigenvalue weighted by Crippen LogP contribution is -1.98. The minimum atomic E-state index is -3.67. The molecule has 0 radical (unpaired) electrons. The molecule has 0 saturated carbocycles. The number of halogens is 1. The highest BCUT2D eigenvalue weighted by Gasteiger charge is 1.93. The quantitative estimate of drug-likeness (QED) is 0.422. The van der Waals surface area contributed by atoms with Gasteiger partial charge in [0.15, 0.2) is 0 Å². The molecular weight excluding hydrogens is 232 g/mol. The summed E-state index contributed by atoms with van der Waals surface area (Å²) in [5.41, 5.74) is 10.4. The average molecular weight is 241 g/mol. The van der Waals surface area contributed by atoms with Crippen LogP contribution >= 0.6 is 11.6 Å². The van der Waals surface area contributed by atoms with Gasteiger partial charge in [-0.25, -0.2) is 4.98 Å². The van der Waals surface area contributed by atoms with Gasteiger partial charge in [0.1, 0.15) is 11.0 Å². The van der Waals surface area contributed by atoms with Gasteiger partial charge in [-0.1, -0.05) is 11.6 Å². The second kappa shape index (κ2) is 4.94. The van der Waals surface area contributed by atoms with E-state index in [-0.39, 0.29) is 16.9 Å². The van der Waals surface area contributed by atoms with Crippen molar-refractivity contribution in [1.29, 1.82) is 0 Å². The first-order valence-electron chi connectivity index (χ1n) is 3.16. The Balaban J connectivity index is 0.000000292. The first-order chi connectivity index (χ1) is 6.18. The number of hydrogen-bond donors (Lipinski definition) is 3. The van der Waals surface area contributed by atoms with E-state index in [4.69, 9.17) is 27.6 Å². The Morgan fingerprint density at radius 2 is 1.86 bits per heavy atom. The van der Waals surface area contributed by atoms with Crippen LogP contribution in [-0.4, -0.2) is 29.2 Å². The summed E-state index contributed by atoms with van der Waals surface area (Å²) in [6.45, 7) is 0. The highest BCUT2D eigenvalue weighted by atomic mass is 35.5. The number of hydrogen-bond acceptors (Lipinski definition) is 6. The van der Waals surface area contributed by atoms with Crippen molar-refractivity contribution in [1.82, 2.24) is 9.97 Å². The molecule has 5 N–H and O–H groups in total. The standard InChI is InChI=1S/C4H5ClN4.CH4O3S/c5-2-1-3(6)9-4(7)8-2;1-5(2,3)4/h1H,(H4,6,7,8,9);1H3,(H,2,3,4). The van der Waals surface area contributed by atoms with Crippen molar-refractivity contribution in [3.05, 3.63) is 11.2 Å². The Morgan fingerprint density at radius 3 is 2.14 bits per heavy atom. The number of nitrogens with zero attached hydrogens (tertiary/aromatic N) is 2. The Bertz CT molecular complexity index is 349. The van der Waals surface area contributed by atoms with Crippen LogP contribution in [0.2, 0.25) is 5.15 Å². The summed E-state index contributed by atoms with van der Waals surface area (Å²) >= 11 is 5.44. The van der Waals surface area contributed by atoms with Crippen LogP contribution in [0.1, 0.15) is 0 Å². The molecule has 1 aromatic rings. The Kier molecular flexibility index (Phi) is 4.54. The molecule has 0 atom stereocenters. The van der Waals surface area contributed by atoms with Crippen molar-refractivity contribution in [2.75, 3.05) is 17.7 Å². The SMILES string of the molecule is CS(=O)(=O)O.Nc1cc(Cl)nc(N)n1. The third-order valence-electron chi connectivity index (χ3n) is 0.732. The van der Waals surface area contributed by atoms with Gasteiger partial charge in [-0.15, -0.1) is 0 Å². The maximum absolute atomic E-state index is 9.19. The topological polar surface area (TPSA) is 132 Å². The summed E-state index contributed by atoms with van der Waals surface area (Å²) in [5.74, 6) is 0.382. The zero-order valence-electron chi connectivity index (χ0n) is 7.18. The molecule has 1 heterocycles. The molecule has 0 amide bonds. The van der Waals surface area contributed by atoms with Gasteiger partial charge in [-0.2, -0.15) is 13.4 Å². The predicted molar refractivity (Wildman–Crippen MR) is 53.3 cm³/mol. The first kappa shape index (κ1) is 12.9. The molecule has 0 aliphatic rings. The van der Waals surface area contributed by atoms with E-state index in [0.717, 1.165) is 0 Å². The molecule has 1 aromatic heterocycles. The summed E-state index contributed by atoms with van der Waals surface area (Å²) in [4.78, 5) is 7.18. The van der Waals surface area contributed by atoms with Crippen LogP contribution in [0.3, 0.4) is 0 Å². The van der Waals surface area contributed by atoms with Crippen molar-refractivity contribution in [2.45, 2.75) is 0 Å². The van der Waals surface area contributed by atoms with E-state index < -0.39 is 10.1 Å². The molecule has 0 aliphatic heterocycles. The lowest BCUT2D eigenvalue weighted by Gasteiger charge is -1.93. The summed E-state index contributed by atoms with van der Waals surface area (Å²) in [7, 11) is -3.67. The minimum Gasteiger partial charge on any atom is -0.383 e. The van der Waals surface area contributed by atoms with Crippen molar-refractivity contribution >= 4 is 33.5 Å². The van der Waals surface area contributed by atoms with Crippen LogP contribution in [0.4, 0.5) is 11.8 Å². The van der Waals surface area contributed by atoms with Gasteiger partial charge >= 0.3 is 0 Å². The van der Waals surface area contributed by atoms with E-state index in [0.29, 0.717) is 6.26 Å². The second-order valence-corrected chi connectivity index (χ2v) is 4.06. The smallest absolute Gasteiger partial charge is 0.261 e.